The number of alkyl halides is 2. The van der Waals surface area contributed by atoms with Crippen LogP contribution in [0, 0.1) is 20.8 Å². The van der Waals surface area contributed by atoms with Crippen molar-refractivity contribution in [3.63, 3.8) is 0 Å². The van der Waals surface area contributed by atoms with Gasteiger partial charge < -0.3 is 14.0 Å². The Hall–Kier alpha value is -2.36. The third-order valence-corrected chi connectivity index (χ3v) is 8.51. The third kappa shape index (κ3) is 3.33. The normalized spacial score (nSPS) is 14.8. The highest BCUT2D eigenvalue weighted by molar-refractivity contribution is 7.85. The molecule has 0 aromatic heterocycles. The molecule has 0 atom stereocenters. The Balaban J connectivity index is 2.01. The van der Waals surface area contributed by atoms with Gasteiger partial charge in [0.1, 0.15) is 0 Å². The van der Waals surface area contributed by atoms with E-state index in [0.717, 1.165) is 11.1 Å². The molecule has 3 aromatic rings. The molecule has 1 aliphatic rings. The third-order valence-electron chi connectivity index (χ3n) is 4.92. The van der Waals surface area contributed by atoms with E-state index >= 15 is 0 Å². The van der Waals surface area contributed by atoms with Crippen molar-refractivity contribution >= 4 is 34.7 Å². The first kappa shape index (κ1) is 19.9. The van der Waals surface area contributed by atoms with Crippen molar-refractivity contribution in [2.45, 2.75) is 27.1 Å². The Morgan fingerprint density at radius 3 is 1.76 bits per heavy atom. The highest BCUT2D eigenvalue weighted by Gasteiger charge is 2.47. The molecule has 0 radical (unpaired) electrons. The van der Waals surface area contributed by atoms with E-state index < -0.39 is 13.4 Å². The lowest BCUT2D eigenvalue weighted by molar-refractivity contribution is -0.286. The van der Waals surface area contributed by atoms with Gasteiger partial charge in [-0.15, -0.1) is 8.78 Å². The molecule has 0 fully saturated rings. The predicted octanol–water partition coefficient (Wildman–Crippen LogP) is 5.23. The van der Waals surface area contributed by atoms with Gasteiger partial charge in [0, 0.05) is 15.9 Å². The Morgan fingerprint density at radius 1 is 0.828 bits per heavy atom. The Bertz CT molecular complexity index is 1090. The summed E-state index contributed by atoms with van der Waals surface area (Å²) in [6, 6.07) is 16.1. The number of hydrogen-bond donors (Lipinski definition) is 0. The monoisotopic (exact) mass is 434 g/mol. The molecule has 1 heterocycles. The molecule has 0 spiro atoms. The predicted molar refractivity (Wildman–Crippen MR) is 111 cm³/mol. The number of rotatable bonds is 3. The molecular weight excluding hydrogens is 417 g/mol. The van der Waals surface area contributed by atoms with E-state index in [1.165, 1.54) is 0 Å². The first-order valence-corrected chi connectivity index (χ1v) is 11.0. The number of fused-ring (bicyclic) bond motifs is 1. The first-order valence-electron chi connectivity index (χ1n) is 8.96. The van der Waals surface area contributed by atoms with Gasteiger partial charge >= 0.3 is 6.29 Å². The quantitative estimate of drug-likeness (QED) is 0.530. The van der Waals surface area contributed by atoms with Gasteiger partial charge in [0.05, 0.1) is 5.02 Å². The summed E-state index contributed by atoms with van der Waals surface area (Å²) < 4.78 is 51.2. The molecule has 7 heteroatoms. The van der Waals surface area contributed by atoms with Crippen LogP contribution in [-0.2, 0) is 4.57 Å². The first-order chi connectivity index (χ1) is 13.6. The number of aryl methyl sites for hydroxylation is 3. The van der Waals surface area contributed by atoms with E-state index in [1.807, 2.05) is 38.1 Å². The summed E-state index contributed by atoms with van der Waals surface area (Å²) in [6.07, 6.45) is -3.81. The molecule has 0 amide bonds. The van der Waals surface area contributed by atoms with Crippen LogP contribution in [0.1, 0.15) is 16.7 Å². The van der Waals surface area contributed by atoms with Crippen LogP contribution < -0.4 is 25.4 Å². The minimum absolute atomic E-state index is 0.132. The minimum Gasteiger partial charge on any atom is -0.395 e. The van der Waals surface area contributed by atoms with E-state index in [2.05, 4.69) is 9.47 Å². The van der Waals surface area contributed by atoms with Crippen LogP contribution in [0.4, 0.5) is 8.78 Å². The SMILES string of the molecule is Cc1ccc(P(=O)(c2ccc(C)cc2)c2cc(C)c3c(c2Cl)OC(F)(F)O3)cc1. The summed E-state index contributed by atoms with van der Waals surface area (Å²) in [4.78, 5) is 0. The second kappa shape index (κ2) is 6.86. The summed E-state index contributed by atoms with van der Waals surface area (Å²) in [5.41, 5.74) is 2.39. The zero-order valence-electron chi connectivity index (χ0n) is 16.0. The molecule has 0 N–H and O–H groups in total. The molecule has 3 aromatic carbocycles. The summed E-state index contributed by atoms with van der Waals surface area (Å²) >= 11 is 6.49. The maximum absolute atomic E-state index is 14.6. The van der Waals surface area contributed by atoms with Crippen molar-refractivity contribution < 1.29 is 22.8 Å². The van der Waals surface area contributed by atoms with Crippen LogP contribution in [0.15, 0.2) is 54.6 Å². The number of ether oxygens (including phenoxy) is 2. The summed E-state index contributed by atoms with van der Waals surface area (Å²) in [5.74, 6) is -0.422. The summed E-state index contributed by atoms with van der Waals surface area (Å²) in [6.45, 7) is 5.46. The van der Waals surface area contributed by atoms with Gasteiger partial charge in [-0.2, -0.15) is 0 Å². The van der Waals surface area contributed by atoms with Gasteiger partial charge in [-0.05, 0) is 32.4 Å². The van der Waals surface area contributed by atoms with Crippen molar-refractivity contribution in [1.29, 1.82) is 0 Å². The molecule has 0 saturated carbocycles. The fourth-order valence-corrected chi connectivity index (χ4v) is 6.65. The lowest BCUT2D eigenvalue weighted by Gasteiger charge is -2.22. The molecule has 0 bridgehead atoms. The second-order valence-corrected chi connectivity index (χ2v) is 10.2. The maximum Gasteiger partial charge on any atom is 0.586 e. The zero-order valence-corrected chi connectivity index (χ0v) is 17.7. The minimum atomic E-state index is -3.81. The van der Waals surface area contributed by atoms with E-state index in [9.17, 15) is 13.3 Å². The van der Waals surface area contributed by atoms with Crippen molar-refractivity contribution in [2.75, 3.05) is 0 Å². The molecule has 4 rings (SSSR count). The lowest BCUT2D eigenvalue weighted by atomic mass is 10.2. The topological polar surface area (TPSA) is 35.5 Å². The molecule has 150 valence electrons. The Morgan fingerprint density at radius 2 is 1.28 bits per heavy atom. The number of halogens is 3. The largest absolute Gasteiger partial charge is 0.586 e. The van der Waals surface area contributed by atoms with Crippen molar-refractivity contribution in [3.05, 3.63) is 76.3 Å². The average Bonchev–Trinajstić information content (AvgIpc) is 3.01. The molecule has 0 unspecified atom stereocenters. The van der Waals surface area contributed by atoms with Gasteiger partial charge in [-0.25, -0.2) is 0 Å². The van der Waals surface area contributed by atoms with Crippen molar-refractivity contribution in [1.82, 2.24) is 0 Å². The molecule has 1 aliphatic heterocycles. The maximum atomic E-state index is 14.6. The zero-order chi connectivity index (χ0) is 21.0. The van der Waals surface area contributed by atoms with Crippen molar-refractivity contribution in [3.8, 4) is 11.5 Å². The Kier molecular flexibility index (Phi) is 4.71. The Labute approximate surface area is 172 Å². The number of hydrogen-bond acceptors (Lipinski definition) is 3. The lowest BCUT2D eigenvalue weighted by Crippen LogP contribution is -2.27. The molecule has 0 aliphatic carbocycles. The van der Waals surface area contributed by atoms with Gasteiger partial charge in [0.25, 0.3) is 0 Å². The average molecular weight is 435 g/mol. The van der Waals surface area contributed by atoms with E-state index in [0.29, 0.717) is 16.2 Å². The van der Waals surface area contributed by atoms with Gasteiger partial charge in [-0.1, -0.05) is 71.3 Å². The van der Waals surface area contributed by atoms with Gasteiger partial charge in [0.2, 0.25) is 0 Å². The van der Waals surface area contributed by atoms with Crippen LogP contribution in [0.3, 0.4) is 0 Å². The number of benzene rings is 3. The van der Waals surface area contributed by atoms with Crippen LogP contribution in [0.5, 0.6) is 11.5 Å². The van der Waals surface area contributed by atoms with Gasteiger partial charge in [-0.3, -0.25) is 0 Å². The fourth-order valence-electron chi connectivity index (χ4n) is 3.37. The van der Waals surface area contributed by atoms with Crippen LogP contribution >= 0.6 is 18.7 Å². The summed E-state index contributed by atoms with van der Waals surface area (Å²) in [5, 5.41) is 1.22. The van der Waals surface area contributed by atoms with Crippen LogP contribution in [0.25, 0.3) is 0 Å². The molecular formula is C22H18ClF2O3P. The fraction of sp³-hybridized carbons (Fsp3) is 0.182. The van der Waals surface area contributed by atoms with E-state index in [4.69, 9.17) is 11.6 Å². The smallest absolute Gasteiger partial charge is 0.395 e. The summed E-state index contributed by atoms with van der Waals surface area (Å²) in [7, 11) is -3.47. The molecule has 3 nitrogen and oxygen atoms in total. The molecule has 0 saturated heterocycles. The second-order valence-electron chi connectivity index (χ2n) is 7.13. The highest BCUT2D eigenvalue weighted by atomic mass is 35.5. The van der Waals surface area contributed by atoms with Crippen LogP contribution in [-0.4, -0.2) is 6.29 Å². The molecule has 29 heavy (non-hydrogen) atoms. The van der Waals surface area contributed by atoms with Crippen molar-refractivity contribution in [2.24, 2.45) is 0 Å². The van der Waals surface area contributed by atoms with E-state index in [1.54, 1.807) is 37.3 Å². The standard InChI is InChI=1S/C22H18ClF2O3P/c1-13-4-8-16(9-5-13)29(26,17-10-6-14(2)7-11-17)18-12-15(3)20-21(19(18)23)28-22(24,25)27-20/h4-12H,1-3H3. The highest BCUT2D eigenvalue weighted by Crippen LogP contribution is 2.53. The van der Waals surface area contributed by atoms with Gasteiger partial charge in [0.15, 0.2) is 18.6 Å². The van der Waals surface area contributed by atoms with Crippen LogP contribution in [0.2, 0.25) is 5.02 Å². The van der Waals surface area contributed by atoms with E-state index in [-0.39, 0.29) is 21.8 Å².